The standard InChI is InChI=1S/C26H26N4O3/c1-16(2)19-10-12-21(13-11-19)27-22(31)15-30-18(4)14-17(3)23(26(30)32)25-28-24(29-33-25)20-8-6-5-7-9-20/h5-14,16H,15H2,1-4H3,(H,27,31). The molecule has 1 amide bonds. The summed E-state index contributed by atoms with van der Waals surface area (Å²) in [5, 5.41) is 6.88. The molecule has 2 aromatic carbocycles. The molecule has 4 rings (SSSR count). The topological polar surface area (TPSA) is 90.0 Å². The molecular formula is C26H26N4O3. The van der Waals surface area contributed by atoms with Gasteiger partial charge in [0.15, 0.2) is 0 Å². The van der Waals surface area contributed by atoms with Crippen molar-refractivity contribution in [2.45, 2.75) is 40.2 Å². The van der Waals surface area contributed by atoms with Crippen molar-refractivity contribution in [3.63, 3.8) is 0 Å². The molecule has 2 aromatic heterocycles. The number of pyridine rings is 1. The van der Waals surface area contributed by atoms with Crippen molar-refractivity contribution in [3.05, 3.63) is 87.8 Å². The Kier molecular flexibility index (Phi) is 6.22. The SMILES string of the molecule is Cc1cc(C)n(CC(=O)Nc2ccc(C(C)C)cc2)c(=O)c1-c1nc(-c2ccccc2)no1. The summed E-state index contributed by atoms with van der Waals surface area (Å²) >= 11 is 0. The van der Waals surface area contributed by atoms with Crippen LogP contribution in [-0.2, 0) is 11.3 Å². The number of hydrogen-bond donors (Lipinski definition) is 1. The Morgan fingerprint density at radius 1 is 1.06 bits per heavy atom. The van der Waals surface area contributed by atoms with Gasteiger partial charge < -0.3 is 14.4 Å². The lowest BCUT2D eigenvalue weighted by Crippen LogP contribution is -2.30. The lowest BCUT2D eigenvalue weighted by Gasteiger charge is -2.13. The van der Waals surface area contributed by atoms with Gasteiger partial charge in [0.1, 0.15) is 12.1 Å². The van der Waals surface area contributed by atoms with Gasteiger partial charge in [-0.05, 0) is 49.1 Å². The third-order valence-electron chi connectivity index (χ3n) is 5.54. The van der Waals surface area contributed by atoms with Crippen LogP contribution in [0.1, 0.15) is 36.6 Å². The van der Waals surface area contributed by atoms with Gasteiger partial charge in [-0.25, -0.2) is 0 Å². The third kappa shape index (κ3) is 4.77. The fraction of sp³-hybridized carbons (Fsp3) is 0.231. The van der Waals surface area contributed by atoms with Crippen LogP contribution >= 0.6 is 0 Å². The van der Waals surface area contributed by atoms with Crippen LogP contribution in [0.15, 0.2) is 70.0 Å². The van der Waals surface area contributed by atoms with E-state index in [2.05, 4.69) is 29.3 Å². The van der Waals surface area contributed by atoms with E-state index < -0.39 is 0 Å². The van der Waals surface area contributed by atoms with Crippen LogP contribution in [0.5, 0.6) is 0 Å². The Bertz CT molecular complexity index is 1340. The Labute approximate surface area is 192 Å². The zero-order valence-electron chi connectivity index (χ0n) is 19.1. The van der Waals surface area contributed by atoms with Crippen LogP contribution < -0.4 is 10.9 Å². The molecule has 0 atom stereocenters. The van der Waals surface area contributed by atoms with Crippen LogP contribution in [0.2, 0.25) is 0 Å². The van der Waals surface area contributed by atoms with Crippen molar-refractivity contribution in [3.8, 4) is 22.8 Å². The molecule has 168 valence electrons. The van der Waals surface area contributed by atoms with Gasteiger partial charge in [0.05, 0.1) is 0 Å². The number of hydrogen-bond acceptors (Lipinski definition) is 5. The minimum Gasteiger partial charge on any atom is -0.333 e. The van der Waals surface area contributed by atoms with Crippen molar-refractivity contribution in [2.24, 2.45) is 0 Å². The number of nitrogens with zero attached hydrogens (tertiary/aromatic N) is 3. The van der Waals surface area contributed by atoms with Crippen molar-refractivity contribution in [2.75, 3.05) is 5.32 Å². The van der Waals surface area contributed by atoms with E-state index in [4.69, 9.17) is 4.52 Å². The minimum atomic E-state index is -0.346. The van der Waals surface area contributed by atoms with Crippen molar-refractivity contribution < 1.29 is 9.32 Å². The lowest BCUT2D eigenvalue weighted by molar-refractivity contribution is -0.116. The minimum absolute atomic E-state index is 0.121. The Hall–Kier alpha value is -4.00. The smallest absolute Gasteiger partial charge is 0.264 e. The van der Waals surface area contributed by atoms with E-state index in [1.165, 1.54) is 10.1 Å². The summed E-state index contributed by atoms with van der Waals surface area (Å²) in [5.41, 5.74) is 4.01. The molecule has 0 saturated carbocycles. The van der Waals surface area contributed by atoms with E-state index in [-0.39, 0.29) is 23.9 Å². The number of aryl methyl sites for hydroxylation is 2. The first-order valence-electron chi connectivity index (χ1n) is 10.8. The zero-order chi connectivity index (χ0) is 23.5. The summed E-state index contributed by atoms with van der Waals surface area (Å²) in [4.78, 5) is 30.4. The Morgan fingerprint density at radius 2 is 1.76 bits per heavy atom. The number of carbonyl (C=O) groups is 1. The molecule has 0 aliphatic carbocycles. The van der Waals surface area contributed by atoms with E-state index in [0.717, 1.165) is 5.56 Å². The maximum atomic E-state index is 13.3. The van der Waals surface area contributed by atoms with Gasteiger partial charge >= 0.3 is 0 Å². The van der Waals surface area contributed by atoms with E-state index in [1.54, 1.807) is 6.92 Å². The first kappa shape index (κ1) is 22.2. The van der Waals surface area contributed by atoms with Gasteiger partial charge in [0, 0.05) is 16.9 Å². The highest BCUT2D eigenvalue weighted by molar-refractivity contribution is 5.90. The maximum absolute atomic E-state index is 13.3. The molecule has 0 radical (unpaired) electrons. The van der Waals surface area contributed by atoms with Crippen molar-refractivity contribution >= 4 is 11.6 Å². The highest BCUT2D eigenvalue weighted by Gasteiger charge is 2.20. The van der Waals surface area contributed by atoms with Gasteiger partial charge in [-0.2, -0.15) is 4.98 Å². The molecule has 0 saturated heterocycles. The number of benzene rings is 2. The number of rotatable bonds is 6. The van der Waals surface area contributed by atoms with Gasteiger partial charge in [-0.15, -0.1) is 0 Å². The Balaban J connectivity index is 1.60. The zero-order valence-corrected chi connectivity index (χ0v) is 19.1. The van der Waals surface area contributed by atoms with Crippen LogP contribution in [0, 0.1) is 13.8 Å². The summed E-state index contributed by atoms with van der Waals surface area (Å²) in [6, 6.07) is 18.9. The first-order valence-corrected chi connectivity index (χ1v) is 10.8. The molecule has 0 bridgehead atoms. The quantitative estimate of drug-likeness (QED) is 0.457. The average Bonchev–Trinajstić information content (AvgIpc) is 3.27. The summed E-state index contributed by atoms with van der Waals surface area (Å²) < 4.78 is 6.84. The summed E-state index contributed by atoms with van der Waals surface area (Å²) in [6.07, 6.45) is 0. The molecule has 33 heavy (non-hydrogen) atoms. The molecule has 7 nitrogen and oxygen atoms in total. The molecule has 7 heteroatoms. The molecular weight excluding hydrogens is 416 g/mol. The van der Waals surface area contributed by atoms with Crippen molar-refractivity contribution in [1.29, 1.82) is 0 Å². The molecule has 2 heterocycles. The predicted octanol–water partition coefficient (Wildman–Crippen LogP) is 4.94. The van der Waals surface area contributed by atoms with Crippen LogP contribution in [0.25, 0.3) is 22.8 Å². The number of anilines is 1. The van der Waals surface area contributed by atoms with E-state index >= 15 is 0 Å². The van der Waals surface area contributed by atoms with Gasteiger partial charge in [-0.3, -0.25) is 9.59 Å². The molecule has 0 unspecified atom stereocenters. The molecule has 4 aromatic rings. The molecule has 1 N–H and O–H groups in total. The Morgan fingerprint density at radius 3 is 2.42 bits per heavy atom. The normalized spacial score (nSPS) is 11.1. The van der Waals surface area contributed by atoms with E-state index in [1.807, 2.05) is 67.6 Å². The van der Waals surface area contributed by atoms with E-state index in [0.29, 0.717) is 34.3 Å². The molecule has 0 fully saturated rings. The van der Waals surface area contributed by atoms with Gasteiger partial charge in [-0.1, -0.05) is 61.5 Å². The maximum Gasteiger partial charge on any atom is 0.264 e. The van der Waals surface area contributed by atoms with Crippen molar-refractivity contribution in [1.82, 2.24) is 14.7 Å². The van der Waals surface area contributed by atoms with Gasteiger partial charge in [0.25, 0.3) is 11.4 Å². The lowest BCUT2D eigenvalue weighted by atomic mass is 10.0. The van der Waals surface area contributed by atoms with Crippen LogP contribution in [-0.4, -0.2) is 20.6 Å². The second-order valence-corrected chi connectivity index (χ2v) is 8.35. The first-order chi connectivity index (χ1) is 15.8. The highest BCUT2D eigenvalue weighted by Crippen LogP contribution is 2.23. The summed E-state index contributed by atoms with van der Waals surface area (Å²) in [6.45, 7) is 7.72. The number of amides is 1. The van der Waals surface area contributed by atoms with E-state index in [9.17, 15) is 9.59 Å². The second kappa shape index (κ2) is 9.24. The number of carbonyl (C=O) groups excluding carboxylic acids is 1. The number of aromatic nitrogens is 3. The summed E-state index contributed by atoms with van der Waals surface area (Å²) in [5.74, 6) is 0.658. The third-order valence-corrected chi connectivity index (χ3v) is 5.54. The van der Waals surface area contributed by atoms with Crippen LogP contribution in [0.3, 0.4) is 0 Å². The molecule has 0 aliphatic rings. The fourth-order valence-corrected chi connectivity index (χ4v) is 3.71. The second-order valence-electron chi connectivity index (χ2n) is 8.35. The number of nitrogens with one attached hydrogen (secondary N) is 1. The average molecular weight is 443 g/mol. The largest absolute Gasteiger partial charge is 0.333 e. The van der Waals surface area contributed by atoms with Gasteiger partial charge in [0.2, 0.25) is 11.7 Å². The predicted molar refractivity (Wildman–Crippen MR) is 128 cm³/mol. The monoisotopic (exact) mass is 442 g/mol. The highest BCUT2D eigenvalue weighted by atomic mass is 16.5. The molecule has 0 spiro atoms. The fourth-order valence-electron chi connectivity index (χ4n) is 3.71. The summed E-state index contributed by atoms with van der Waals surface area (Å²) in [7, 11) is 0. The van der Waals surface area contributed by atoms with Crippen LogP contribution in [0.4, 0.5) is 5.69 Å². The molecule has 0 aliphatic heterocycles.